The molecule has 0 spiro atoms. The van der Waals surface area contributed by atoms with E-state index < -0.39 is 0 Å². The highest BCUT2D eigenvalue weighted by molar-refractivity contribution is 9.10. The van der Waals surface area contributed by atoms with Gasteiger partial charge in [0, 0.05) is 34.2 Å². The van der Waals surface area contributed by atoms with Crippen molar-refractivity contribution < 1.29 is 9.47 Å². The molecule has 124 valence electrons. The van der Waals surface area contributed by atoms with Gasteiger partial charge in [0.15, 0.2) is 11.5 Å². The van der Waals surface area contributed by atoms with Crippen LogP contribution in [0.3, 0.4) is 0 Å². The molecule has 0 saturated carbocycles. The molecule has 4 rings (SSSR count). The quantitative estimate of drug-likeness (QED) is 0.690. The zero-order valence-corrected chi connectivity index (χ0v) is 15.0. The summed E-state index contributed by atoms with van der Waals surface area (Å²) in [6.45, 7) is 4.17. The van der Waals surface area contributed by atoms with Gasteiger partial charge in [-0.05, 0) is 42.3 Å². The van der Waals surface area contributed by atoms with Crippen LogP contribution in [0.1, 0.15) is 24.1 Å². The molecule has 4 nitrogen and oxygen atoms in total. The van der Waals surface area contributed by atoms with E-state index in [-0.39, 0.29) is 6.04 Å². The molecule has 2 N–H and O–H groups in total. The van der Waals surface area contributed by atoms with Crippen LogP contribution in [0, 0.1) is 0 Å². The summed E-state index contributed by atoms with van der Waals surface area (Å²) in [5.74, 6) is 1.63. The Bertz CT molecular complexity index is 875. The minimum absolute atomic E-state index is 0.185. The van der Waals surface area contributed by atoms with Crippen molar-refractivity contribution in [3.63, 3.8) is 0 Å². The third-order valence-corrected chi connectivity index (χ3v) is 5.10. The van der Waals surface area contributed by atoms with E-state index in [0.717, 1.165) is 22.5 Å². The van der Waals surface area contributed by atoms with Gasteiger partial charge in [-0.1, -0.05) is 28.1 Å². The summed E-state index contributed by atoms with van der Waals surface area (Å²) in [4.78, 5) is 3.26. The van der Waals surface area contributed by atoms with Crippen LogP contribution in [0.4, 0.5) is 0 Å². The van der Waals surface area contributed by atoms with Gasteiger partial charge in [-0.2, -0.15) is 0 Å². The van der Waals surface area contributed by atoms with Crippen LogP contribution in [0.2, 0.25) is 0 Å². The predicted octanol–water partition coefficient (Wildman–Crippen LogP) is 4.55. The molecule has 1 atom stereocenters. The highest BCUT2D eigenvalue weighted by Gasteiger charge is 2.18. The van der Waals surface area contributed by atoms with Gasteiger partial charge >= 0.3 is 0 Å². The monoisotopic (exact) mass is 386 g/mol. The largest absolute Gasteiger partial charge is 0.486 e. The van der Waals surface area contributed by atoms with Crippen molar-refractivity contribution in [2.24, 2.45) is 0 Å². The number of H-pyrrole nitrogens is 1. The number of hydrogen-bond donors (Lipinski definition) is 2. The standard InChI is InChI=1S/C19H19BrN2O2/c1-12(15-9-18-19(10-16(15)20)24-8-7-23-18)22-11-13-3-2-4-17-14(13)5-6-21-17/h2-6,9-10,12,21-22H,7-8,11H2,1H3. The summed E-state index contributed by atoms with van der Waals surface area (Å²) in [7, 11) is 0. The fourth-order valence-corrected chi connectivity index (χ4v) is 3.75. The van der Waals surface area contributed by atoms with E-state index in [1.807, 2.05) is 12.3 Å². The Morgan fingerprint density at radius 3 is 2.79 bits per heavy atom. The first kappa shape index (κ1) is 15.5. The van der Waals surface area contributed by atoms with E-state index >= 15 is 0 Å². The second kappa shape index (κ2) is 6.49. The van der Waals surface area contributed by atoms with Crippen molar-refractivity contribution in [2.75, 3.05) is 13.2 Å². The number of aromatic amines is 1. The van der Waals surface area contributed by atoms with E-state index in [1.165, 1.54) is 22.0 Å². The van der Waals surface area contributed by atoms with Gasteiger partial charge < -0.3 is 19.8 Å². The maximum atomic E-state index is 5.70. The summed E-state index contributed by atoms with van der Waals surface area (Å²) in [5, 5.41) is 4.87. The first-order chi connectivity index (χ1) is 11.7. The van der Waals surface area contributed by atoms with Crippen LogP contribution in [0.25, 0.3) is 10.9 Å². The number of aromatic nitrogens is 1. The third kappa shape index (κ3) is 2.89. The second-order valence-corrected chi connectivity index (χ2v) is 6.83. The van der Waals surface area contributed by atoms with Crippen molar-refractivity contribution in [1.82, 2.24) is 10.3 Å². The zero-order chi connectivity index (χ0) is 16.5. The molecule has 0 fully saturated rings. The lowest BCUT2D eigenvalue weighted by molar-refractivity contribution is 0.171. The lowest BCUT2D eigenvalue weighted by atomic mass is 10.1. The molecular formula is C19H19BrN2O2. The molecule has 0 amide bonds. The average Bonchev–Trinajstić information content (AvgIpc) is 3.08. The fraction of sp³-hybridized carbons (Fsp3) is 0.263. The molecule has 5 heteroatoms. The summed E-state index contributed by atoms with van der Waals surface area (Å²) in [5.41, 5.74) is 3.62. The number of hydrogen-bond acceptors (Lipinski definition) is 3. The molecule has 1 aromatic heterocycles. The van der Waals surface area contributed by atoms with Gasteiger partial charge in [0.25, 0.3) is 0 Å². The SMILES string of the molecule is CC(NCc1cccc2[nH]ccc12)c1cc2c(cc1Br)OCCO2. The Morgan fingerprint density at radius 1 is 1.17 bits per heavy atom. The van der Waals surface area contributed by atoms with Crippen molar-refractivity contribution in [3.05, 3.63) is 58.2 Å². The molecule has 1 aliphatic heterocycles. The maximum absolute atomic E-state index is 5.70. The molecule has 3 aromatic rings. The Hall–Kier alpha value is -1.98. The number of fused-ring (bicyclic) bond motifs is 2. The highest BCUT2D eigenvalue weighted by atomic mass is 79.9. The number of nitrogens with one attached hydrogen (secondary N) is 2. The van der Waals surface area contributed by atoms with E-state index in [9.17, 15) is 0 Å². The topological polar surface area (TPSA) is 46.3 Å². The van der Waals surface area contributed by atoms with Gasteiger partial charge in [0.2, 0.25) is 0 Å². The van der Waals surface area contributed by atoms with Crippen molar-refractivity contribution in [2.45, 2.75) is 19.5 Å². The minimum atomic E-state index is 0.185. The molecule has 0 aliphatic carbocycles. The first-order valence-electron chi connectivity index (χ1n) is 8.10. The summed E-state index contributed by atoms with van der Waals surface area (Å²) in [6.07, 6.45) is 1.98. The lowest BCUT2D eigenvalue weighted by Crippen LogP contribution is -2.20. The molecule has 2 aromatic carbocycles. The smallest absolute Gasteiger partial charge is 0.162 e. The molecule has 1 aliphatic rings. The molecule has 0 radical (unpaired) electrons. The van der Waals surface area contributed by atoms with E-state index in [2.05, 4.69) is 63.5 Å². The molecule has 24 heavy (non-hydrogen) atoms. The minimum Gasteiger partial charge on any atom is -0.486 e. The molecule has 0 saturated heterocycles. The average molecular weight is 387 g/mol. The normalized spacial score (nSPS) is 14.8. The van der Waals surface area contributed by atoms with Crippen LogP contribution in [-0.2, 0) is 6.54 Å². The van der Waals surface area contributed by atoms with Gasteiger partial charge in [0.1, 0.15) is 13.2 Å². The third-order valence-electron chi connectivity index (χ3n) is 4.41. The molecule has 1 unspecified atom stereocenters. The Balaban J connectivity index is 1.54. The number of benzene rings is 2. The number of rotatable bonds is 4. The van der Waals surface area contributed by atoms with Crippen LogP contribution in [-0.4, -0.2) is 18.2 Å². The maximum Gasteiger partial charge on any atom is 0.162 e. The Morgan fingerprint density at radius 2 is 1.96 bits per heavy atom. The Labute approximate surface area is 149 Å². The number of halogens is 1. The van der Waals surface area contributed by atoms with Crippen LogP contribution in [0.15, 0.2) is 47.1 Å². The zero-order valence-electron chi connectivity index (χ0n) is 13.4. The van der Waals surface area contributed by atoms with Crippen molar-refractivity contribution in [3.8, 4) is 11.5 Å². The molecular weight excluding hydrogens is 368 g/mol. The van der Waals surface area contributed by atoms with Gasteiger partial charge in [-0.25, -0.2) is 0 Å². The van der Waals surface area contributed by atoms with Crippen molar-refractivity contribution >= 4 is 26.8 Å². The Kier molecular flexibility index (Phi) is 4.21. The van der Waals surface area contributed by atoms with Gasteiger partial charge in [0.05, 0.1) is 0 Å². The van der Waals surface area contributed by atoms with E-state index in [4.69, 9.17) is 9.47 Å². The summed E-state index contributed by atoms with van der Waals surface area (Å²) in [6, 6.07) is 12.7. The van der Waals surface area contributed by atoms with E-state index in [0.29, 0.717) is 13.2 Å². The fourth-order valence-electron chi connectivity index (χ4n) is 3.09. The summed E-state index contributed by atoms with van der Waals surface area (Å²) < 4.78 is 12.4. The van der Waals surface area contributed by atoms with E-state index in [1.54, 1.807) is 0 Å². The first-order valence-corrected chi connectivity index (χ1v) is 8.89. The predicted molar refractivity (Wildman–Crippen MR) is 98.7 cm³/mol. The van der Waals surface area contributed by atoms with Crippen LogP contribution in [0.5, 0.6) is 11.5 Å². The molecule has 2 heterocycles. The van der Waals surface area contributed by atoms with Gasteiger partial charge in [-0.15, -0.1) is 0 Å². The van der Waals surface area contributed by atoms with Crippen molar-refractivity contribution in [1.29, 1.82) is 0 Å². The van der Waals surface area contributed by atoms with Crippen LogP contribution >= 0.6 is 15.9 Å². The summed E-state index contributed by atoms with van der Waals surface area (Å²) >= 11 is 3.66. The molecule has 0 bridgehead atoms. The lowest BCUT2D eigenvalue weighted by Gasteiger charge is -2.22. The van der Waals surface area contributed by atoms with Gasteiger partial charge in [-0.3, -0.25) is 0 Å². The second-order valence-electron chi connectivity index (χ2n) is 5.98. The number of ether oxygens (including phenoxy) is 2. The van der Waals surface area contributed by atoms with Crippen LogP contribution < -0.4 is 14.8 Å². The highest BCUT2D eigenvalue weighted by Crippen LogP contribution is 2.37.